The van der Waals surface area contributed by atoms with Crippen LogP contribution in [0.1, 0.15) is 28.4 Å². The van der Waals surface area contributed by atoms with Crippen molar-refractivity contribution in [2.75, 3.05) is 6.54 Å². The molecule has 1 aliphatic rings. The van der Waals surface area contributed by atoms with Crippen LogP contribution in [0.5, 0.6) is 0 Å². The zero-order valence-corrected chi connectivity index (χ0v) is 12.9. The summed E-state index contributed by atoms with van der Waals surface area (Å²) < 4.78 is 0. The highest BCUT2D eigenvalue weighted by molar-refractivity contribution is 6.30. The van der Waals surface area contributed by atoms with Crippen LogP contribution in [-0.2, 0) is 12.8 Å². The van der Waals surface area contributed by atoms with Gasteiger partial charge in [0, 0.05) is 17.0 Å². The van der Waals surface area contributed by atoms with Crippen molar-refractivity contribution in [2.45, 2.75) is 25.9 Å². The molecule has 0 radical (unpaired) electrons. The zero-order chi connectivity index (χ0) is 15.0. The first-order chi connectivity index (χ1) is 10.1. The third-order valence-corrected chi connectivity index (χ3v) is 4.95. The number of hydrogen-bond acceptors (Lipinski definition) is 2. The van der Waals surface area contributed by atoms with E-state index in [-0.39, 0.29) is 5.41 Å². The second-order valence-electron chi connectivity index (χ2n) is 6.09. The first kappa shape index (κ1) is 14.6. The fourth-order valence-corrected chi connectivity index (χ4v) is 3.68. The van der Waals surface area contributed by atoms with Gasteiger partial charge < -0.3 is 10.8 Å². The molecule has 21 heavy (non-hydrogen) atoms. The molecule has 0 fully saturated rings. The first-order valence-corrected chi connectivity index (χ1v) is 7.64. The van der Waals surface area contributed by atoms with Gasteiger partial charge in [0.1, 0.15) is 0 Å². The Kier molecular flexibility index (Phi) is 3.78. The molecular weight excluding hydrogens is 282 g/mol. The van der Waals surface area contributed by atoms with Gasteiger partial charge in [-0.1, -0.05) is 41.9 Å². The summed E-state index contributed by atoms with van der Waals surface area (Å²) in [6.45, 7) is 2.45. The molecule has 0 bridgehead atoms. The van der Waals surface area contributed by atoms with E-state index in [2.05, 4.69) is 12.1 Å². The summed E-state index contributed by atoms with van der Waals surface area (Å²) in [7, 11) is 0. The summed E-state index contributed by atoms with van der Waals surface area (Å²) in [4.78, 5) is 0. The van der Waals surface area contributed by atoms with E-state index in [1.54, 1.807) is 0 Å². The highest BCUT2D eigenvalue weighted by Gasteiger charge is 2.43. The molecule has 3 heteroatoms. The van der Waals surface area contributed by atoms with Gasteiger partial charge >= 0.3 is 0 Å². The highest BCUT2D eigenvalue weighted by atomic mass is 35.5. The minimum atomic E-state index is -0.577. The highest BCUT2D eigenvalue weighted by Crippen LogP contribution is 2.46. The van der Waals surface area contributed by atoms with Crippen molar-refractivity contribution < 1.29 is 5.11 Å². The predicted octanol–water partition coefficient (Wildman–Crippen LogP) is 3.43. The average Bonchev–Trinajstić information content (AvgIpc) is 2.86. The van der Waals surface area contributed by atoms with Gasteiger partial charge in [-0.25, -0.2) is 0 Å². The molecule has 0 saturated heterocycles. The molecule has 0 amide bonds. The Bertz CT molecular complexity index is 643. The number of rotatable bonds is 3. The fraction of sp³-hybridized carbons (Fsp3) is 0.333. The molecule has 0 spiro atoms. The lowest BCUT2D eigenvalue weighted by Crippen LogP contribution is -2.38. The topological polar surface area (TPSA) is 46.2 Å². The minimum Gasteiger partial charge on any atom is -0.388 e. The van der Waals surface area contributed by atoms with Crippen LogP contribution in [0.25, 0.3) is 0 Å². The quantitative estimate of drug-likeness (QED) is 0.912. The molecule has 1 aliphatic carbocycles. The molecule has 0 heterocycles. The van der Waals surface area contributed by atoms with Crippen LogP contribution in [0.4, 0.5) is 0 Å². The fourth-order valence-electron chi connectivity index (χ4n) is 3.45. The van der Waals surface area contributed by atoms with Crippen molar-refractivity contribution >= 4 is 11.6 Å². The Morgan fingerprint density at radius 3 is 2.33 bits per heavy atom. The lowest BCUT2D eigenvalue weighted by Gasteiger charge is -2.34. The van der Waals surface area contributed by atoms with Gasteiger partial charge in [-0.15, -0.1) is 0 Å². The summed E-state index contributed by atoms with van der Waals surface area (Å²) >= 11 is 6.02. The third kappa shape index (κ3) is 2.48. The zero-order valence-electron chi connectivity index (χ0n) is 12.1. The molecule has 3 rings (SSSR count). The summed E-state index contributed by atoms with van der Waals surface area (Å²) in [6.07, 6.45) is 1.07. The van der Waals surface area contributed by atoms with Crippen molar-refractivity contribution in [1.29, 1.82) is 0 Å². The largest absolute Gasteiger partial charge is 0.388 e. The number of benzene rings is 2. The molecule has 2 aromatic rings. The smallest absolute Gasteiger partial charge is 0.0867 e. The Morgan fingerprint density at radius 1 is 1.19 bits per heavy atom. The second-order valence-corrected chi connectivity index (χ2v) is 6.53. The Morgan fingerprint density at radius 2 is 1.81 bits per heavy atom. The van der Waals surface area contributed by atoms with Gasteiger partial charge in [-0.3, -0.25) is 0 Å². The Balaban J connectivity index is 1.98. The summed E-state index contributed by atoms with van der Waals surface area (Å²) in [6, 6.07) is 14.0. The van der Waals surface area contributed by atoms with Crippen LogP contribution in [0.15, 0.2) is 42.5 Å². The number of aryl methyl sites for hydroxylation is 1. The van der Waals surface area contributed by atoms with Crippen molar-refractivity contribution in [3.63, 3.8) is 0 Å². The molecule has 1 atom stereocenters. The molecule has 1 unspecified atom stereocenters. The summed E-state index contributed by atoms with van der Waals surface area (Å²) in [5, 5.41) is 11.7. The van der Waals surface area contributed by atoms with E-state index < -0.39 is 6.10 Å². The second kappa shape index (κ2) is 5.45. The number of nitrogens with two attached hydrogens (primary N) is 1. The monoisotopic (exact) mass is 301 g/mol. The number of fused-ring (bicyclic) bond motifs is 1. The molecule has 3 N–H and O–H groups in total. The molecule has 0 saturated carbocycles. The Labute approximate surface area is 130 Å². The SMILES string of the molecule is Cc1cc(Cl)ccc1C(O)C1(CN)Cc2ccccc2C1. The average molecular weight is 302 g/mol. The first-order valence-electron chi connectivity index (χ1n) is 7.27. The lowest BCUT2D eigenvalue weighted by atomic mass is 9.75. The van der Waals surface area contributed by atoms with Crippen molar-refractivity contribution in [2.24, 2.45) is 11.1 Å². The van der Waals surface area contributed by atoms with Gasteiger partial charge in [0.15, 0.2) is 0 Å². The molecule has 110 valence electrons. The molecule has 2 aromatic carbocycles. The lowest BCUT2D eigenvalue weighted by molar-refractivity contribution is 0.0353. The van der Waals surface area contributed by atoms with Gasteiger partial charge in [0.25, 0.3) is 0 Å². The van der Waals surface area contributed by atoms with Crippen molar-refractivity contribution in [3.8, 4) is 0 Å². The molecule has 2 nitrogen and oxygen atoms in total. The van der Waals surface area contributed by atoms with Crippen LogP contribution in [-0.4, -0.2) is 11.7 Å². The van der Waals surface area contributed by atoms with E-state index >= 15 is 0 Å². The van der Waals surface area contributed by atoms with E-state index in [9.17, 15) is 5.11 Å². The van der Waals surface area contributed by atoms with Crippen molar-refractivity contribution in [3.05, 3.63) is 69.7 Å². The van der Waals surface area contributed by atoms with E-state index in [0.29, 0.717) is 11.6 Å². The molecular formula is C18H20ClNO. The van der Waals surface area contributed by atoms with Gasteiger partial charge in [0.05, 0.1) is 6.10 Å². The standard InChI is InChI=1S/C18H20ClNO/c1-12-8-15(19)6-7-16(12)17(21)18(11-20)9-13-4-2-3-5-14(13)10-18/h2-8,17,21H,9-11,20H2,1H3. The van der Waals surface area contributed by atoms with Crippen LogP contribution in [0, 0.1) is 12.3 Å². The number of aliphatic hydroxyl groups excluding tert-OH is 1. The van der Waals surface area contributed by atoms with Crippen LogP contribution in [0.2, 0.25) is 5.02 Å². The maximum Gasteiger partial charge on any atom is 0.0867 e. The minimum absolute atomic E-state index is 0.317. The normalized spacial score (nSPS) is 17.5. The van der Waals surface area contributed by atoms with E-state index in [1.807, 2.05) is 37.3 Å². The number of aliphatic hydroxyl groups is 1. The van der Waals surface area contributed by atoms with Crippen LogP contribution < -0.4 is 5.73 Å². The van der Waals surface area contributed by atoms with Gasteiger partial charge in [0.2, 0.25) is 0 Å². The summed E-state index contributed by atoms with van der Waals surface area (Å²) in [5.41, 5.74) is 10.3. The van der Waals surface area contributed by atoms with Gasteiger partial charge in [-0.2, -0.15) is 0 Å². The summed E-state index contributed by atoms with van der Waals surface area (Å²) in [5.74, 6) is 0. The van der Waals surface area contributed by atoms with Crippen LogP contribution >= 0.6 is 11.6 Å². The van der Waals surface area contributed by atoms with Crippen LogP contribution in [0.3, 0.4) is 0 Å². The maximum absolute atomic E-state index is 11.0. The van der Waals surface area contributed by atoms with E-state index in [0.717, 1.165) is 24.0 Å². The molecule has 0 aromatic heterocycles. The Hall–Kier alpha value is -1.35. The number of halogens is 1. The van der Waals surface area contributed by atoms with Gasteiger partial charge in [-0.05, 0) is 54.2 Å². The number of hydrogen-bond donors (Lipinski definition) is 2. The third-order valence-electron chi connectivity index (χ3n) is 4.72. The van der Waals surface area contributed by atoms with E-state index in [1.165, 1.54) is 11.1 Å². The van der Waals surface area contributed by atoms with E-state index in [4.69, 9.17) is 17.3 Å². The maximum atomic E-state index is 11.0. The molecule has 0 aliphatic heterocycles. The van der Waals surface area contributed by atoms with Crippen molar-refractivity contribution in [1.82, 2.24) is 0 Å². The predicted molar refractivity (Wildman–Crippen MR) is 86.5 cm³/mol.